The van der Waals surface area contributed by atoms with Crippen LogP contribution in [-0.2, 0) is 9.59 Å². The monoisotopic (exact) mass is 533 g/mol. The van der Waals surface area contributed by atoms with Crippen LogP contribution in [0.15, 0.2) is 65.5 Å². The maximum Gasteiger partial charge on any atom is 0.267 e. The number of aromatic nitrogens is 2. The Morgan fingerprint density at radius 2 is 1.56 bits per heavy atom. The predicted octanol–water partition coefficient (Wildman–Crippen LogP) is 3.40. The number of benzene rings is 2. The lowest BCUT2D eigenvalue weighted by molar-refractivity contribution is -0.124. The molecule has 0 spiro atoms. The third kappa shape index (κ3) is 8.00. The molecule has 1 aromatic heterocycles. The zero-order valence-corrected chi connectivity index (χ0v) is 22.9. The molecule has 206 valence electrons. The molecule has 39 heavy (non-hydrogen) atoms. The van der Waals surface area contributed by atoms with Crippen LogP contribution in [0.2, 0.25) is 0 Å². The first kappa shape index (κ1) is 29.1. The molecule has 10 heteroatoms. The molecule has 3 rings (SSSR count). The molecule has 3 N–H and O–H groups in total. The van der Waals surface area contributed by atoms with Gasteiger partial charge in [0.2, 0.25) is 11.8 Å². The fraction of sp³-hybridized carbons (Fsp3) is 0.345. The second-order valence-corrected chi connectivity index (χ2v) is 9.96. The van der Waals surface area contributed by atoms with Crippen LogP contribution in [0.25, 0.3) is 11.3 Å². The lowest BCUT2D eigenvalue weighted by Crippen LogP contribution is -2.40. The highest BCUT2D eigenvalue weighted by molar-refractivity contribution is 5.97. The first-order valence-corrected chi connectivity index (χ1v) is 12.8. The number of nitrogens with zero attached hydrogens (tertiary/aromatic N) is 2. The minimum atomic E-state index is -0.855. The number of carbonyl (C=O) groups is 3. The highest BCUT2D eigenvalue weighted by atomic mass is 16.5. The molecule has 1 unspecified atom stereocenters. The van der Waals surface area contributed by atoms with E-state index in [4.69, 9.17) is 4.74 Å². The molecule has 0 saturated heterocycles. The van der Waals surface area contributed by atoms with Gasteiger partial charge in [-0.2, -0.15) is 5.10 Å². The van der Waals surface area contributed by atoms with Gasteiger partial charge in [-0.3, -0.25) is 19.2 Å². The minimum Gasteiger partial charge on any atom is -0.494 e. The van der Waals surface area contributed by atoms with Gasteiger partial charge in [0.15, 0.2) is 0 Å². The molecule has 0 radical (unpaired) electrons. The normalized spacial score (nSPS) is 11.8. The van der Waals surface area contributed by atoms with Crippen molar-refractivity contribution in [2.75, 3.05) is 25.0 Å². The molecule has 2 aromatic carbocycles. The van der Waals surface area contributed by atoms with E-state index in [0.29, 0.717) is 23.6 Å². The Bertz CT molecular complexity index is 1360. The van der Waals surface area contributed by atoms with Gasteiger partial charge in [-0.15, -0.1) is 0 Å². The summed E-state index contributed by atoms with van der Waals surface area (Å²) >= 11 is 0. The second-order valence-electron chi connectivity index (χ2n) is 9.96. The Balaban J connectivity index is 1.52. The molecular weight excluding hydrogens is 498 g/mol. The van der Waals surface area contributed by atoms with Gasteiger partial charge in [-0.25, -0.2) is 4.68 Å². The molecule has 0 saturated carbocycles. The van der Waals surface area contributed by atoms with Crippen LogP contribution in [0, 0.1) is 5.41 Å². The molecule has 1 atom stereocenters. The van der Waals surface area contributed by atoms with Crippen molar-refractivity contribution in [1.29, 1.82) is 0 Å². The molecule has 3 amide bonds. The second kappa shape index (κ2) is 12.9. The van der Waals surface area contributed by atoms with Gasteiger partial charge in [-0.05, 0) is 68.4 Å². The summed E-state index contributed by atoms with van der Waals surface area (Å²) in [6.45, 7) is 9.87. The summed E-state index contributed by atoms with van der Waals surface area (Å²) in [6.07, 6.45) is 0. The zero-order valence-electron chi connectivity index (χ0n) is 22.9. The van der Waals surface area contributed by atoms with Crippen molar-refractivity contribution in [3.05, 3.63) is 76.6 Å². The standard InChI is InChI=1S/C29H35N5O5/c1-6-39-23-13-9-20(10-14-23)24-15-16-25(35)34(33-24)19(2)26(36)30-17-18-31-27(37)21-7-11-22(12-8-21)32-28(38)29(3,4)5/h7-16,19H,6,17-18H2,1-5H3,(H,30,36)(H,31,37)(H,32,38). The van der Waals surface area contributed by atoms with Crippen LogP contribution in [0.1, 0.15) is 51.0 Å². The van der Waals surface area contributed by atoms with Crippen molar-refractivity contribution in [2.45, 2.75) is 40.7 Å². The summed E-state index contributed by atoms with van der Waals surface area (Å²) in [7, 11) is 0. The van der Waals surface area contributed by atoms with Gasteiger partial charge in [0, 0.05) is 41.4 Å². The van der Waals surface area contributed by atoms with E-state index in [0.717, 1.165) is 16.0 Å². The number of hydrogen-bond donors (Lipinski definition) is 3. The molecule has 1 heterocycles. The van der Waals surface area contributed by atoms with Crippen molar-refractivity contribution >= 4 is 23.4 Å². The van der Waals surface area contributed by atoms with E-state index in [1.54, 1.807) is 37.3 Å². The fourth-order valence-corrected chi connectivity index (χ4v) is 3.49. The van der Waals surface area contributed by atoms with Crippen molar-refractivity contribution in [3.8, 4) is 17.0 Å². The quantitative estimate of drug-likeness (QED) is 0.342. The molecule has 0 fully saturated rings. The van der Waals surface area contributed by atoms with E-state index in [1.165, 1.54) is 6.07 Å². The van der Waals surface area contributed by atoms with Gasteiger partial charge in [-0.1, -0.05) is 20.8 Å². The van der Waals surface area contributed by atoms with Crippen molar-refractivity contribution in [1.82, 2.24) is 20.4 Å². The summed E-state index contributed by atoms with van der Waals surface area (Å²) in [6, 6.07) is 16.0. The van der Waals surface area contributed by atoms with Gasteiger partial charge < -0.3 is 20.7 Å². The zero-order chi connectivity index (χ0) is 28.6. The first-order chi connectivity index (χ1) is 18.5. The Kier molecular flexibility index (Phi) is 9.59. The van der Waals surface area contributed by atoms with E-state index >= 15 is 0 Å². The fourth-order valence-electron chi connectivity index (χ4n) is 3.49. The van der Waals surface area contributed by atoms with Crippen LogP contribution < -0.4 is 26.2 Å². The van der Waals surface area contributed by atoms with Crippen molar-refractivity contribution in [2.24, 2.45) is 5.41 Å². The maximum atomic E-state index is 12.7. The maximum absolute atomic E-state index is 12.7. The minimum absolute atomic E-state index is 0.120. The van der Waals surface area contributed by atoms with Crippen LogP contribution in [0.4, 0.5) is 5.69 Å². The molecule has 0 aliphatic rings. The van der Waals surface area contributed by atoms with E-state index in [2.05, 4.69) is 21.0 Å². The van der Waals surface area contributed by atoms with Crippen molar-refractivity contribution < 1.29 is 19.1 Å². The third-order valence-corrected chi connectivity index (χ3v) is 5.83. The number of anilines is 1. The Hall–Kier alpha value is -4.47. The SMILES string of the molecule is CCOc1ccc(-c2ccc(=O)n(C(C)C(=O)NCCNC(=O)c3ccc(NC(=O)C(C)(C)C)cc3)n2)cc1. The topological polar surface area (TPSA) is 131 Å². The summed E-state index contributed by atoms with van der Waals surface area (Å²) in [5.41, 5.74) is 1.43. The number of hydrogen-bond acceptors (Lipinski definition) is 6. The Morgan fingerprint density at radius 1 is 0.923 bits per heavy atom. The van der Waals surface area contributed by atoms with Gasteiger partial charge in [0.25, 0.3) is 11.5 Å². The van der Waals surface area contributed by atoms with E-state index in [1.807, 2.05) is 52.0 Å². The number of carbonyl (C=O) groups excluding carboxylic acids is 3. The highest BCUT2D eigenvalue weighted by Gasteiger charge is 2.21. The molecule has 3 aromatic rings. The van der Waals surface area contributed by atoms with Crippen LogP contribution in [0.5, 0.6) is 5.75 Å². The summed E-state index contributed by atoms with van der Waals surface area (Å²) in [4.78, 5) is 49.7. The number of amides is 3. The third-order valence-electron chi connectivity index (χ3n) is 5.83. The molecule has 0 aliphatic carbocycles. The highest BCUT2D eigenvalue weighted by Crippen LogP contribution is 2.20. The Morgan fingerprint density at radius 3 is 2.18 bits per heavy atom. The average Bonchev–Trinajstić information content (AvgIpc) is 2.91. The van der Waals surface area contributed by atoms with E-state index < -0.39 is 22.9 Å². The smallest absolute Gasteiger partial charge is 0.267 e. The average molecular weight is 534 g/mol. The summed E-state index contributed by atoms with van der Waals surface area (Å²) in [5.74, 6) is -0.102. The van der Waals surface area contributed by atoms with E-state index in [-0.39, 0.29) is 24.9 Å². The summed E-state index contributed by atoms with van der Waals surface area (Å²) < 4.78 is 6.59. The van der Waals surface area contributed by atoms with E-state index in [9.17, 15) is 19.2 Å². The largest absolute Gasteiger partial charge is 0.494 e. The number of ether oxygens (including phenoxy) is 1. The van der Waals surface area contributed by atoms with Crippen LogP contribution in [0.3, 0.4) is 0 Å². The molecule has 10 nitrogen and oxygen atoms in total. The lowest BCUT2D eigenvalue weighted by atomic mass is 9.95. The predicted molar refractivity (Wildman–Crippen MR) is 150 cm³/mol. The van der Waals surface area contributed by atoms with Crippen LogP contribution in [-0.4, -0.2) is 47.2 Å². The van der Waals surface area contributed by atoms with Gasteiger partial charge >= 0.3 is 0 Å². The van der Waals surface area contributed by atoms with Crippen LogP contribution >= 0.6 is 0 Å². The van der Waals surface area contributed by atoms with Gasteiger partial charge in [0.1, 0.15) is 11.8 Å². The summed E-state index contributed by atoms with van der Waals surface area (Å²) in [5, 5.41) is 12.6. The van der Waals surface area contributed by atoms with Crippen molar-refractivity contribution in [3.63, 3.8) is 0 Å². The molecule has 0 aliphatic heterocycles. The molecular formula is C29H35N5O5. The van der Waals surface area contributed by atoms with Gasteiger partial charge in [0.05, 0.1) is 12.3 Å². The Labute approximate surface area is 227 Å². The number of nitrogens with one attached hydrogen (secondary N) is 3. The number of rotatable bonds is 10. The molecule has 0 bridgehead atoms. The first-order valence-electron chi connectivity index (χ1n) is 12.8. The lowest BCUT2D eigenvalue weighted by Gasteiger charge is -2.17.